The lowest BCUT2D eigenvalue weighted by molar-refractivity contribution is -0.114. The number of amidine groups is 1. The van der Waals surface area contributed by atoms with Crippen molar-refractivity contribution >= 4 is 31.2 Å². The molecule has 1 fully saturated rings. The van der Waals surface area contributed by atoms with E-state index in [1.807, 2.05) is 36.5 Å². The lowest BCUT2D eigenvalue weighted by Crippen LogP contribution is -2.42. The Kier molecular flexibility index (Phi) is 6.18. The summed E-state index contributed by atoms with van der Waals surface area (Å²) in [5, 5.41) is 0. The highest BCUT2D eigenvalue weighted by Crippen LogP contribution is 2.32. The zero-order valence-corrected chi connectivity index (χ0v) is 21.9. The first kappa shape index (κ1) is 23.3. The molecule has 5 rings (SSSR count). The van der Waals surface area contributed by atoms with E-state index in [4.69, 9.17) is 9.98 Å². The predicted molar refractivity (Wildman–Crippen MR) is 146 cm³/mol. The van der Waals surface area contributed by atoms with Crippen molar-refractivity contribution in [2.45, 2.75) is 19.6 Å². The molecule has 35 heavy (non-hydrogen) atoms. The molecule has 7 heteroatoms. The Morgan fingerprint density at radius 3 is 2.46 bits per heavy atom. The van der Waals surface area contributed by atoms with Crippen LogP contribution in [0.4, 0.5) is 5.69 Å². The van der Waals surface area contributed by atoms with E-state index in [9.17, 15) is 4.79 Å². The highest BCUT2D eigenvalue weighted by Gasteiger charge is 2.36. The van der Waals surface area contributed by atoms with E-state index in [1.165, 1.54) is 0 Å². The molecule has 0 aromatic heterocycles. The van der Waals surface area contributed by atoms with Gasteiger partial charge in [0.05, 0.1) is 17.9 Å². The van der Waals surface area contributed by atoms with Gasteiger partial charge in [0.1, 0.15) is 19.6 Å². The molecular formula is C28H31N5OSi. The predicted octanol–water partition coefficient (Wildman–Crippen LogP) is 3.60. The second-order valence-corrected chi connectivity index (χ2v) is 15.0. The molecule has 0 bridgehead atoms. The summed E-state index contributed by atoms with van der Waals surface area (Å²) in [6.45, 7) is 10.8. The largest absolute Gasteiger partial charge is 0.373 e. The summed E-state index contributed by atoms with van der Waals surface area (Å²) in [5.41, 5.74) is 8.49. The van der Waals surface area contributed by atoms with Gasteiger partial charge >= 0.3 is 0 Å². The number of hydrogen-bond donors (Lipinski definition) is 0. The number of rotatable bonds is 2. The third kappa shape index (κ3) is 4.99. The van der Waals surface area contributed by atoms with Gasteiger partial charge < -0.3 is 9.80 Å². The van der Waals surface area contributed by atoms with Gasteiger partial charge in [0.25, 0.3) is 5.91 Å². The molecule has 178 valence electrons. The van der Waals surface area contributed by atoms with Crippen molar-refractivity contribution in [1.82, 2.24) is 9.80 Å². The maximum Gasteiger partial charge on any atom is 0.284 e. The minimum atomic E-state index is -1.52. The van der Waals surface area contributed by atoms with Gasteiger partial charge in [-0.1, -0.05) is 55.9 Å². The van der Waals surface area contributed by atoms with Crippen LogP contribution in [0.5, 0.6) is 0 Å². The van der Waals surface area contributed by atoms with Crippen LogP contribution in [0.3, 0.4) is 0 Å². The average molecular weight is 482 g/mol. The second kappa shape index (κ2) is 9.29. The summed E-state index contributed by atoms with van der Waals surface area (Å²) in [4.78, 5) is 29.6. The summed E-state index contributed by atoms with van der Waals surface area (Å²) in [5.74, 6) is 3.94. The molecule has 3 aliphatic rings. The molecule has 1 saturated heterocycles. The molecule has 0 saturated carbocycles. The highest BCUT2D eigenvalue weighted by atomic mass is 28.3. The van der Waals surface area contributed by atoms with E-state index < -0.39 is 8.07 Å². The Balaban J connectivity index is 1.58. The standard InChI is InChI=1S/C28H31N5OSi/c1-31-13-15-32(16-14-31)20-24-28(34)33-25-11-10-21(12-17-35(2,3)4)18-23(25)27(29-19-26(33)30-24)22-8-6-5-7-9-22/h5-11,18,20H,13-16,19H2,1-4H3. The molecule has 6 nitrogen and oxygen atoms in total. The summed E-state index contributed by atoms with van der Waals surface area (Å²) in [7, 11) is 0.598. The summed E-state index contributed by atoms with van der Waals surface area (Å²) >= 11 is 0. The van der Waals surface area contributed by atoms with Gasteiger partial charge in [-0.15, -0.1) is 5.54 Å². The van der Waals surface area contributed by atoms with Crippen molar-refractivity contribution in [3.8, 4) is 11.5 Å². The van der Waals surface area contributed by atoms with Crippen molar-refractivity contribution in [3.63, 3.8) is 0 Å². The van der Waals surface area contributed by atoms with Crippen molar-refractivity contribution < 1.29 is 4.79 Å². The maximum atomic E-state index is 13.6. The van der Waals surface area contributed by atoms with Gasteiger partial charge in [0.2, 0.25) is 0 Å². The van der Waals surface area contributed by atoms with Gasteiger partial charge in [-0.3, -0.25) is 14.7 Å². The molecule has 3 heterocycles. The van der Waals surface area contributed by atoms with Crippen LogP contribution in [0.2, 0.25) is 19.6 Å². The van der Waals surface area contributed by atoms with Crippen molar-refractivity contribution in [3.05, 3.63) is 77.1 Å². The van der Waals surface area contributed by atoms with Crippen molar-refractivity contribution in [2.75, 3.05) is 44.7 Å². The maximum absolute atomic E-state index is 13.6. The molecule has 2 aromatic rings. The number of carbonyl (C=O) groups excluding carboxylic acids is 1. The number of fused-ring (bicyclic) bond motifs is 3. The molecule has 3 aliphatic heterocycles. The highest BCUT2D eigenvalue weighted by molar-refractivity contribution is 6.83. The zero-order chi connectivity index (χ0) is 24.6. The Bertz CT molecular complexity index is 1300. The topological polar surface area (TPSA) is 51.5 Å². The zero-order valence-electron chi connectivity index (χ0n) is 20.9. The number of amides is 1. The number of anilines is 1. The molecule has 0 aliphatic carbocycles. The smallest absolute Gasteiger partial charge is 0.284 e. The minimum absolute atomic E-state index is 0.0920. The van der Waals surface area contributed by atoms with Gasteiger partial charge in [-0.05, 0) is 25.2 Å². The fourth-order valence-electron chi connectivity index (χ4n) is 4.37. The third-order valence-electron chi connectivity index (χ3n) is 6.27. The minimum Gasteiger partial charge on any atom is -0.373 e. The Labute approximate surface area is 208 Å². The Hall–Kier alpha value is -3.47. The van der Waals surface area contributed by atoms with E-state index in [0.29, 0.717) is 18.1 Å². The van der Waals surface area contributed by atoms with Crippen molar-refractivity contribution in [2.24, 2.45) is 9.98 Å². The van der Waals surface area contributed by atoms with Gasteiger partial charge in [0, 0.05) is 49.1 Å². The lowest BCUT2D eigenvalue weighted by Gasteiger charge is -2.31. The third-order valence-corrected chi connectivity index (χ3v) is 7.15. The molecule has 0 radical (unpaired) electrons. The van der Waals surface area contributed by atoms with Gasteiger partial charge in [0.15, 0.2) is 0 Å². The van der Waals surface area contributed by atoms with Gasteiger partial charge in [-0.25, -0.2) is 4.99 Å². The van der Waals surface area contributed by atoms with E-state index >= 15 is 0 Å². The molecule has 0 atom stereocenters. The Morgan fingerprint density at radius 2 is 1.74 bits per heavy atom. The number of piperazine rings is 1. The summed E-state index contributed by atoms with van der Waals surface area (Å²) < 4.78 is 0. The van der Waals surface area contributed by atoms with E-state index in [2.05, 4.69) is 66.2 Å². The number of carbonyl (C=O) groups is 1. The average Bonchev–Trinajstić information content (AvgIpc) is 3.04. The van der Waals surface area contributed by atoms with E-state index in [1.54, 1.807) is 4.90 Å². The van der Waals surface area contributed by atoms with Crippen LogP contribution in [-0.4, -0.2) is 75.1 Å². The molecule has 2 aromatic carbocycles. The first-order valence-electron chi connectivity index (χ1n) is 12.1. The quantitative estimate of drug-likeness (QED) is 0.374. The molecule has 0 spiro atoms. The lowest BCUT2D eigenvalue weighted by atomic mass is 9.98. The van der Waals surface area contributed by atoms with Crippen LogP contribution < -0.4 is 4.90 Å². The number of benzene rings is 2. The fourth-order valence-corrected chi connectivity index (χ4v) is 4.89. The molecule has 1 amide bonds. The fraction of sp³-hybridized carbons (Fsp3) is 0.321. The monoisotopic (exact) mass is 481 g/mol. The van der Waals surface area contributed by atoms with E-state index in [0.717, 1.165) is 54.3 Å². The van der Waals surface area contributed by atoms with Crippen LogP contribution in [0.1, 0.15) is 16.7 Å². The first-order chi connectivity index (χ1) is 16.8. The van der Waals surface area contributed by atoms with E-state index in [-0.39, 0.29) is 5.91 Å². The first-order valence-corrected chi connectivity index (χ1v) is 15.6. The molecular weight excluding hydrogens is 450 g/mol. The SMILES string of the molecule is CN1CCN(C=C2N=C3CN=C(c4ccccc4)c4cc(C#C[Si](C)(C)C)ccc4N3C2=O)CC1. The normalized spacial score (nSPS) is 19.4. The number of likely N-dealkylation sites (N-methyl/N-ethyl adjacent to an activating group) is 1. The van der Waals surface area contributed by atoms with Gasteiger partial charge in [-0.2, -0.15) is 0 Å². The summed E-state index contributed by atoms with van der Waals surface area (Å²) in [6, 6.07) is 16.2. The van der Waals surface area contributed by atoms with Crippen LogP contribution in [0, 0.1) is 11.5 Å². The molecule has 0 unspecified atom stereocenters. The number of hydrogen-bond acceptors (Lipinski definition) is 5. The van der Waals surface area contributed by atoms with Crippen LogP contribution in [-0.2, 0) is 4.79 Å². The summed E-state index contributed by atoms with van der Waals surface area (Å²) in [6.07, 6.45) is 1.92. The van der Waals surface area contributed by atoms with Crippen LogP contribution >= 0.6 is 0 Å². The number of nitrogens with zero attached hydrogens (tertiary/aromatic N) is 5. The second-order valence-electron chi connectivity index (χ2n) is 10.3. The Morgan fingerprint density at radius 1 is 1.00 bits per heavy atom. The van der Waals surface area contributed by atoms with Crippen LogP contribution in [0.25, 0.3) is 0 Å². The van der Waals surface area contributed by atoms with Crippen LogP contribution in [0.15, 0.2) is 70.4 Å². The molecule has 0 N–H and O–H groups in total. The number of aliphatic imine (C=N–C) groups is 2. The van der Waals surface area contributed by atoms with Crippen molar-refractivity contribution in [1.29, 1.82) is 0 Å².